The van der Waals surface area contributed by atoms with Gasteiger partial charge in [0.15, 0.2) is 0 Å². The van der Waals surface area contributed by atoms with E-state index in [1.807, 2.05) is 43.0 Å². The van der Waals surface area contributed by atoms with Gasteiger partial charge in [-0.05, 0) is 43.3 Å². The highest BCUT2D eigenvalue weighted by Crippen LogP contribution is 2.47. The minimum absolute atomic E-state index is 0.306. The van der Waals surface area contributed by atoms with Crippen LogP contribution >= 0.6 is 11.8 Å². The Morgan fingerprint density at radius 2 is 1.51 bits per heavy atom. The van der Waals surface area contributed by atoms with Gasteiger partial charge < -0.3 is 19.6 Å². The summed E-state index contributed by atoms with van der Waals surface area (Å²) in [5, 5.41) is 10.4. The van der Waals surface area contributed by atoms with E-state index in [-0.39, 0.29) is 0 Å². The van der Waals surface area contributed by atoms with Gasteiger partial charge in [0.1, 0.15) is 18.5 Å². The number of ether oxygens (including phenoxy) is 1. The highest BCUT2D eigenvalue weighted by molar-refractivity contribution is 7.99. The zero-order valence-electron chi connectivity index (χ0n) is 20.1. The van der Waals surface area contributed by atoms with Crippen LogP contribution in [0.4, 0.5) is 11.4 Å². The molecular weight excluding hydrogens is 454 g/mol. The van der Waals surface area contributed by atoms with Crippen molar-refractivity contribution in [3.8, 4) is 17.7 Å². The normalized spacial score (nSPS) is 16.1. The van der Waals surface area contributed by atoms with Crippen molar-refractivity contribution in [1.29, 1.82) is 0 Å². The second kappa shape index (κ2) is 11.1. The van der Waals surface area contributed by atoms with E-state index in [1.54, 1.807) is 0 Å². The van der Waals surface area contributed by atoms with Gasteiger partial charge in [-0.1, -0.05) is 59.6 Å². The van der Waals surface area contributed by atoms with Crippen LogP contribution in [0.3, 0.4) is 0 Å². The minimum Gasteiger partial charge on any atom is -0.491 e. The molecule has 1 atom stereocenters. The molecule has 2 aliphatic heterocycles. The van der Waals surface area contributed by atoms with Crippen molar-refractivity contribution in [3.63, 3.8) is 0 Å². The van der Waals surface area contributed by atoms with Gasteiger partial charge in [0, 0.05) is 48.6 Å². The Labute approximate surface area is 212 Å². The first-order valence-electron chi connectivity index (χ1n) is 12.1. The summed E-state index contributed by atoms with van der Waals surface area (Å²) >= 11 is 1.82. The van der Waals surface area contributed by atoms with Crippen LogP contribution in [0.5, 0.6) is 5.75 Å². The fourth-order valence-electron chi connectivity index (χ4n) is 4.40. The minimum atomic E-state index is -0.508. The summed E-state index contributed by atoms with van der Waals surface area (Å²) in [4.78, 5) is 9.34. The highest BCUT2D eigenvalue weighted by atomic mass is 32.2. The molecule has 0 aliphatic carbocycles. The summed E-state index contributed by atoms with van der Waals surface area (Å²) in [5.74, 6) is 4.21. The van der Waals surface area contributed by atoms with Crippen LogP contribution in [0.1, 0.15) is 5.56 Å². The molecule has 2 heterocycles. The summed E-state index contributed by atoms with van der Waals surface area (Å²) in [7, 11) is 0. The zero-order valence-corrected chi connectivity index (χ0v) is 20.9. The molecule has 6 heteroatoms. The maximum absolute atomic E-state index is 10.4. The number of nitrogens with zero attached hydrogens (tertiary/aromatic N) is 3. The fraction of sp³-hybridized carbons (Fsp3) is 0.310. The maximum atomic E-state index is 10.4. The molecule has 0 aromatic heterocycles. The third kappa shape index (κ3) is 5.94. The van der Waals surface area contributed by atoms with Gasteiger partial charge in [-0.15, -0.1) is 0 Å². The molecule has 2 aliphatic rings. The molecule has 1 saturated heterocycles. The third-order valence-corrected chi connectivity index (χ3v) is 7.44. The van der Waals surface area contributed by atoms with Crippen molar-refractivity contribution in [2.45, 2.75) is 22.8 Å². The Morgan fingerprint density at radius 3 is 2.17 bits per heavy atom. The average Bonchev–Trinajstić information content (AvgIpc) is 2.89. The number of aryl methyl sites for hydroxylation is 1. The number of piperazine rings is 1. The largest absolute Gasteiger partial charge is 0.491 e. The monoisotopic (exact) mass is 485 g/mol. The number of benzene rings is 3. The number of β-amino-alcohol motifs (C(OH)–C–C–N with tert-alkyl or cyclic N) is 1. The van der Waals surface area contributed by atoms with Crippen LogP contribution in [-0.4, -0.2) is 66.9 Å². The smallest absolute Gasteiger partial charge is 0.119 e. The van der Waals surface area contributed by atoms with Gasteiger partial charge >= 0.3 is 0 Å². The molecule has 1 unspecified atom stereocenters. The first kappa shape index (κ1) is 23.6. The maximum Gasteiger partial charge on any atom is 0.119 e. The molecule has 0 amide bonds. The lowest BCUT2D eigenvalue weighted by Crippen LogP contribution is -2.47. The molecular formula is C29H31N3O2S. The second-order valence-corrected chi connectivity index (χ2v) is 10.1. The molecule has 1 fully saturated rings. The molecule has 35 heavy (non-hydrogen) atoms. The summed E-state index contributed by atoms with van der Waals surface area (Å²) in [6, 6.07) is 28.4. The molecule has 3 aromatic carbocycles. The van der Waals surface area contributed by atoms with E-state index in [4.69, 9.17) is 4.74 Å². The van der Waals surface area contributed by atoms with Gasteiger partial charge in [-0.3, -0.25) is 4.90 Å². The number of hydrogen-bond donors (Lipinski definition) is 1. The summed E-state index contributed by atoms with van der Waals surface area (Å²) in [6.07, 6.45) is -0.508. The van der Waals surface area contributed by atoms with E-state index in [2.05, 4.69) is 75.2 Å². The van der Waals surface area contributed by atoms with E-state index in [0.29, 0.717) is 19.7 Å². The number of rotatable bonds is 6. The lowest BCUT2D eigenvalue weighted by molar-refractivity contribution is 0.0544. The third-order valence-electron chi connectivity index (χ3n) is 6.31. The Hall–Kier alpha value is -3.11. The van der Waals surface area contributed by atoms with E-state index in [1.165, 1.54) is 26.7 Å². The zero-order chi connectivity index (χ0) is 24.0. The number of anilines is 2. The number of aliphatic hydroxyl groups is 1. The predicted octanol–water partition coefficient (Wildman–Crippen LogP) is 4.62. The van der Waals surface area contributed by atoms with Gasteiger partial charge in [0.05, 0.1) is 17.9 Å². The molecule has 1 N–H and O–H groups in total. The van der Waals surface area contributed by atoms with E-state index in [0.717, 1.165) is 31.9 Å². The molecule has 180 valence electrons. The van der Waals surface area contributed by atoms with Gasteiger partial charge in [-0.2, -0.15) is 0 Å². The quantitative estimate of drug-likeness (QED) is 0.514. The predicted molar refractivity (Wildman–Crippen MR) is 142 cm³/mol. The molecule has 0 radical (unpaired) electrons. The van der Waals surface area contributed by atoms with Crippen LogP contribution in [0.2, 0.25) is 0 Å². The van der Waals surface area contributed by atoms with Gasteiger partial charge in [-0.25, -0.2) is 0 Å². The number of para-hydroxylation sites is 2. The van der Waals surface area contributed by atoms with Crippen LogP contribution in [0.25, 0.3) is 0 Å². The van der Waals surface area contributed by atoms with E-state index in [9.17, 15) is 5.11 Å². The van der Waals surface area contributed by atoms with Crippen molar-refractivity contribution >= 4 is 23.1 Å². The molecule has 5 rings (SSSR count). The first-order chi connectivity index (χ1) is 17.2. The van der Waals surface area contributed by atoms with Crippen LogP contribution in [-0.2, 0) is 0 Å². The van der Waals surface area contributed by atoms with Crippen molar-refractivity contribution in [2.75, 3.05) is 50.8 Å². The Bertz CT molecular complexity index is 1150. The van der Waals surface area contributed by atoms with Crippen LogP contribution < -0.4 is 9.64 Å². The number of fused-ring (bicyclic) bond motifs is 2. The van der Waals surface area contributed by atoms with Crippen LogP contribution in [0, 0.1) is 18.9 Å². The van der Waals surface area contributed by atoms with Crippen molar-refractivity contribution in [3.05, 3.63) is 78.4 Å². The van der Waals surface area contributed by atoms with E-state index < -0.39 is 6.10 Å². The van der Waals surface area contributed by atoms with Gasteiger partial charge in [0.2, 0.25) is 0 Å². The standard InChI is InChI=1S/C29H31N3O2S/c1-23-11-13-25(14-12-23)34-22-24(33)21-31-19-17-30(18-20-31)15-6-16-32-26-7-2-4-9-28(26)35-29-10-5-3-8-27(29)32/h2-5,7-14,24,33H,16-22H2,1H3. The lowest BCUT2D eigenvalue weighted by Gasteiger charge is -2.34. The molecule has 0 bridgehead atoms. The summed E-state index contributed by atoms with van der Waals surface area (Å²) < 4.78 is 5.73. The fourth-order valence-corrected chi connectivity index (χ4v) is 5.49. The van der Waals surface area contributed by atoms with E-state index >= 15 is 0 Å². The Balaban J connectivity index is 1.11. The Morgan fingerprint density at radius 1 is 0.886 bits per heavy atom. The Kier molecular flexibility index (Phi) is 7.48. The first-order valence-corrected chi connectivity index (χ1v) is 12.9. The second-order valence-electron chi connectivity index (χ2n) is 8.98. The highest BCUT2D eigenvalue weighted by Gasteiger charge is 2.22. The summed E-state index contributed by atoms with van der Waals surface area (Å²) in [5.41, 5.74) is 3.64. The van der Waals surface area contributed by atoms with Crippen molar-refractivity contribution in [2.24, 2.45) is 0 Å². The van der Waals surface area contributed by atoms with Gasteiger partial charge in [0.25, 0.3) is 0 Å². The molecule has 0 saturated carbocycles. The number of aliphatic hydroxyl groups excluding tert-OH is 1. The molecule has 5 nitrogen and oxygen atoms in total. The summed E-state index contributed by atoms with van der Waals surface area (Å²) in [6.45, 7) is 7.16. The number of hydrogen-bond acceptors (Lipinski definition) is 6. The molecule has 3 aromatic rings. The lowest BCUT2D eigenvalue weighted by atomic mass is 10.2. The molecule has 0 spiro atoms. The van der Waals surface area contributed by atoms with Crippen molar-refractivity contribution in [1.82, 2.24) is 9.80 Å². The topological polar surface area (TPSA) is 39.2 Å². The van der Waals surface area contributed by atoms with Crippen molar-refractivity contribution < 1.29 is 9.84 Å². The average molecular weight is 486 g/mol. The van der Waals surface area contributed by atoms with Crippen LogP contribution in [0.15, 0.2) is 82.6 Å². The SMILES string of the molecule is Cc1ccc(OCC(O)CN2CCN(C#CCN3c4ccccc4Sc4ccccc43)CC2)cc1.